The summed E-state index contributed by atoms with van der Waals surface area (Å²) in [6.45, 7) is 3.12. The predicted molar refractivity (Wildman–Crippen MR) is 126 cm³/mol. The lowest BCUT2D eigenvalue weighted by Crippen LogP contribution is -2.36. The summed E-state index contributed by atoms with van der Waals surface area (Å²) in [5.74, 6) is 0.228. The summed E-state index contributed by atoms with van der Waals surface area (Å²) in [5.41, 5.74) is 1.99. The Morgan fingerprint density at radius 2 is 2.13 bits per heavy atom. The van der Waals surface area contributed by atoms with E-state index in [0.29, 0.717) is 27.5 Å². The first kappa shape index (κ1) is 21.6. The Morgan fingerprint density at radius 3 is 2.87 bits per heavy atom. The van der Waals surface area contributed by atoms with Gasteiger partial charge < -0.3 is 9.30 Å². The van der Waals surface area contributed by atoms with Crippen LogP contribution in [0.1, 0.15) is 12.0 Å². The highest BCUT2D eigenvalue weighted by atomic mass is 35.5. The third-order valence-corrected chi connectivity index (χ3v) is 6.32. The van der Waals surface area contributed by atoms with Crippen molar-refractivity contribution in [2.45, 2.75) is 19.9 Å². The predicted octanol–water partition coefficient (Wildman–Crippen LogP) is 5.61. The normalized spacial score (nSPS) is 11.1. The molecule has 0 spiro atoms. The number of carbonyl (C=O) groups excluding carboxylic acids is 1. The maximum atomic E-state index is 13.1. The second-order valence-corrected chi connectivity index (χ2v) is 8.83. The van der Waals surface area contributed by atoms with Crippen LogP contribution in [0.15, 0.2) is 55.1 Å². The van der Waals surface area contributed by atoms with Crippen molar-refractivity contribution in [1.29, 1.82) is 0 Å². The molecule has 0 aliphatic rings. The average molecular weight is 475 g/mol. The molecule has 160 valence electrons. The third-order valence-electron chi connectivity index (χ3n) is 4.74. The number of hydrogen-bond donors (Lipinski definition) is 0. The van der Waals surface area contributed by atoms with E-state index in [-0.39, 0.29) is 12.5 Å². The first-order valence-electron chi connectivity index (χ1n) is 9.71. The number of imidazole rings is 1. The zero-order valence-corrected chi connectivity index (χ0v) is 19.1. The number of anilines is 1. The number of carbonyl (C=O) groups is 1. The summed E-state index contributed by atoms with van der Waals surface area (Å²) < 4.78 is 8.71. The Balaban J connectivity index is 1.52. The van der Waals surface area contributed by atoms with E-state index in [4.69, 9.17) is 32.9 Å². The van der Waals surface area contributed by atoms with E-state index in [1.165, 1.54) is 11.3 Å². The van der Waals surface area contributed by atoms with E-state index in [9.17, 15) is 4.79 Å². The maximum Gasteiger partial charge on any atom is 0.266 e. The van der Waals surface area contributed by atoms with Crippen LogP contribution in [0.25, 0.3) is 10.2 Å². The van der Waals surface area contributed by atoms with Crippen molar-refractivity contribution in [3.8, 4) is 5.75 Å². The topological polar surface area (TPSA) is 60.2 Å². The van der Waals surface area contributed by atoms with E-state index in [0.717, 1.165) is 28.7 Å². The molecule has 0 unspecified atom stereocenters. The van der Waals surface area contributed by atoms with Gasteiger partial charge >= 0.3 is 0 Å². The number of rotatable bonds is 8. The Bertz CT molecular complexity index is 1190. The SMILES string of the molecule is Cc1cccc2sc(N(CCCn3ccnc3)C(=O)COc3ccc(Cl)cc3Cl)nc12. The molecule has 2 aromatic carbocycles. The lowest BCUT2D eigenvalue weighted by molar-refractivity contribution is -0.120. The molecule has 0 radical (unpaired) electrons. The largest absolute Gasteiger partial charge is 0.482 e. The van der Waals surface area contributed by atoms with Gasteiger partial charge in [0.1, 0.15) is 5.75 Å². The molecule has 31 heavy (non-hydrogen) atoms. The van der Waals surface area contributed by atoms with Crippen molar-refractivity contribution in [3.05, 3.63) is 70.7 Å². The van der Waals surface area contributed by atoms with Gasteiger partial charge in [0.15, 0.2) is 11.7 Å². The standard InChI is InChI=1S/C22H20Cl2N4O2S/c1-15-4-2-5-19-21(15)26-22(31-19)28(10-3-9-27-11-8-25-14-27)20(29)13-30-18-7-6-16(23)12-17(18)24/h2,4-8,11-12,14H,3,9-10,13H2,1H3. The Labute approximate surface area is 194 Å². The number of aromatic nitrogens is 3. The first-order valence-corrected chi connectivity index (χ1v) is 11.3. The number of nitrogens with zero attached hydrogens (tertiary/aromatic N) is 4. The van der Waals surface area contributed by atoms with Crippen molar-refractivity contribution in [2.75, 3.05) is 18.1 Å². The second-order valence-electron chi connectivity index (χ2n) is 6.98. The second kappa shape index (κ2) is 9.68. The van der Waals surface area contributed by atoms with Crippen LogP contribution in [0.3, 0.4) is 0 Å². The molecule has 4 aromatic rings. The van der Waals surface area contributed by atoms with E-state index in [1.54, 1.807) is 35.6 Å². The van der Waals surface area contributed by atoms with Crippen LogP contribution in [-0.4, -0.2) is 33.6 Å². The summed E-state index contributed by atoms with van der Waals surface area (Å²) in [6, 6.07) is 10.9. The summed E-state index contributed by atoms with van der Waals surface area (Å²) in [4.78, 5) is 23.6. The van der Waals surface area contributed by atoms with Crippen molar-refractivity contribution in [3.63, 3.8) is 0 Å². The maximum absolute atomic E-state index is 13.1. The molecule has 9 heteroatoms. The zero-order chi connectivity index (χ0) is 21.8. The van der Waals surface area contributed by atoms with Crippen molar-refractivity contribution in [2.24, 2.45) is 0 Å². The van der Waals surface area contributed by atoms with Crippen molar-refractivity contribution >= 4 is 55.8 Å². The van der Waals surface area contributed by atoms with Crippen LogP contribution < -0.4 is 9.64 Å². The van der Waals surface area contributed by atoms with Gasteiger partial charge in [0, 0.05) is 30.5 Å². The fraction of sp³-hybridized carbons (Fsp3) is 0.227. The summed E-state index contributed by atoms with van der Waals surface area (Å²) >= 11 is 13.6. The van der Waals surface area contributed by atoms with Crippen LogP contribution in [0, 0.1) is 6.92 Å². The molecular formula is C22H20Cl2N4O2S. The number of para-hydroxylation sites is 1. The van der Waals surface area contributed by atoms with Crippen molar-refractivity contribution in [1.82, 2.24) is 14.5 Å². The molecule has 0 aliphatic heterocycles. The number of thiazole rings is 1. The lowest BCUT2D eigenvalue weighted by atomic mass is 10.2. The van der Waals surface area contributed by atoms with Gasteiger partial charge in [-0.3, -0.25) is 9.69 Å². The van der Waals surface area contributed by atoms with Crippen LogP contribution >= 0.6 is 34.5 Å². The summed E-state index contributed by atoms with van der Waals surface area (Å²) in [5, 5.41) is 1.53. The zero-order valence-electron chi connectivity index (χ0n) is 16.8. The van der Waals surface area contributed by atoms with Gasteiger partial charge in [0.2, 0.25) is 0 Å². The molecule has 0 fully saturated rings. The van der Waals surface area contributed by atoms with Gasteiger partial charge in [0.25, 0.3) is 5.91 Å². The molecule has 4 rings (SSSR count). The minimum absolute atomic E-state index is 0.151. The molecule has 0 saturated carbocycles. The molecule has 0 saturated heterocycles. The Kier molecular flexibility index (Phi) is 6.75. The third kappa shape index (κ3) is 5.18. The van der Waals surface area contributed by atoms with Gasteiger partial charge in [-0.25, -0.2) is 9.97 Å². The van der Waals surface area contributed by atoms with Crippen molar-refractivity contribution < 1.29 is 9.53 Å². The number of hydrogen-bond acceptors (Lipinski definition) is 5. The van der Waals surface area contributed by atoms with E-state index in [1.807, 2.05) is 35.9 Å². The van der Waals surface area contributed by atoms with Gasteiger partial charge in [-0.15, -0.1) is 0 Å². The van der Waals surface area contributed by atoms with E-state index >= 15 is 0 Å². The molecular weight excluding hydrogens is 455 g/mol. The van der Waals surface area contributed by atoms with Crippen LogP contribution in [-0.2, 0) is 11.3 Å². The highest BCUT2D eigenvalue weighted by Crippen LogP contribution is 2.31. The Morgan fingerprint density at radius 1 is 1.26 bits per heavy atom. The van der Waals surface area contributed by atoms with Gasteiger partial charge in [-0.05, 0) is 43.2 Å². The number of benzene rings is 2. The quantitative estimate of drug-likeness (QED) is 0.332. The Hall–Kier alpha value is -2.61. The van der Waals surface area contributed by atoms with Crippen LogP contribution in [0.2, 0.25) is 10.0 Å². The number of halogens is 2. The van der Waals surface area contributed by atoms with Crippen LogP contribution in [0.5, 0.6) is 5.75 Å². The number of aryl methyl sites for hydroxylation is 2. The highest BCUT2D eigenvalue weighted by Gasteiger charge is 2.21. The number of ether oxygens (including phenoxy) is 1. The molecule has 0 atom stereocenters. The monoisotopic (exact) mass is 474 g/mol. The van der Waals surface area contributed by atoms with Gasteiger partial charge in [-0.2, -0.15) is 0 Å². The highest BCUT2D eigenvalue weighted by molar-refractivity contribution is 7.22. The van der Waals surface area contributed by atoms with E-state index in [2.05, 4.69) is 4.98 Å². The minimum atomic E-state index is -0.187. The van der Waals surface area contributed by atoms with E-state index < -0.39 is 0 Å². The summed E-state index contributed by atoms with van der Waals surface area (Å²) in [6.07, 6.45) is 6.15. The first-order chi connectivity index (χ1) is 15.0. The fourth-order valence-corrected chi connectivity index (χ4v) is 4.71. The minimum Gasteiger partial charge on any atom is -0.482 e. The number of fused-ring (bicyclic) bond motifs is 1. The molecule has 0 bridgehead atoms. The molecule has 2 heterocycles. The van der Waals surface area contributed by atoms with Gasteiger partial charge in [-0.1, -0.05) is 46.7 Å². The number of amides is 1. The molecule has 1 amide bonds. The molecule has 0 N–H and O–H groups in total. The molecule has 2 aromatic heterocycles. The lowest BCUT2D eigenvalue weighted by Gasteiger charge is -2.20. The fourth-order valence-electron chi connectivity index (χ4n) is 3.16. The molecule has 6 nitrogen and oxygen atoms in total. The molecule has 0 aliphatic carbocycles. The smallest absolute Gasteiger partial charge is 0.266 e. The summed E-state index contributed by atoms with van der Waals surface area (Å²) in [7, 11) is 0. The average Bonchev–Trinajstić information content (AvgIpc) is 3.41. The van der Waals surface area contributed by atoms with Gasteiger partial charge in [0.05, 0.1) is 21.6 Å². The van der Waals surface area contributed by atoms with Crippen LogP contribution in [0.4, 0.5) is 5.13 Å².